The number of hydrogen-bond donors (Lipinski definition) is 2. The van der Waals surface area contributed by atoms with Gasteiger partial charge in [0.1, 0.15) is 0 Å². The Morgan fingerprint density at radius 1 is 1.25 bits per heavy atom. The van der Waals surface area contributed by atoms with Crippen LogP contribution in [0.5, 0.6) is 11.5 Å². The van der Waals surface area contributed by atoms with Crippen LogP contribution in [0.15, 0.2) is 18.2 Å². The van der Waals surface area contributed by atoms with Crippen LogP contribution in [0.3, 0.4) is 0 Å². The molecule has 1 aromatic rings. The first-order chi connectivity index (χ1) is 10.3. The van der Waals surface area contributed by atoms with Gasteiger partial charge in [-0.05, 0) is 23.1 Å². The number of rotatable bonds is 3. The molecule has 0 unspecified atom stereocenters. The number of ether oxygens (including phenoxy) is 1. The summed E-state index contributed by atoms with van der Waals surface area (Å²) in [5.41, 5.74) is 1.08. The summed E-state index contributed by atoms with van der Waals surface area (Å²) < 4.78 is 5.00. The van der Waals surface area contributed by atoms with Gasteiger partial charge in [0.25, 0.3) is 0 Å². The van der Waals surface area contributed by atoms with E-state index in [1.807, 2.05) is 6.07 Å². The number of esters is 1. The second-order valence-corrected chi connectivity index (χ2v) is 6.88. The van der Waals surface area contributed by atoms with Crippen LogP contribution in [-0.4, -0.2) is 42.2 Å². The van der Waals surface area contributed by atoms with E-state index in [2.05, 4.69) is 31.0 Å². The smallest absolute Gasteiger partial charge is 0.308 e. The summed E-state index contributed by atoms with van der Waals surface area (Å²) >= 11 is 0. The summed E-state index contributed by atoms with van der Waals surface area (Å²) in [7, 11) is 0. The lowest BCUT2D eigenvalue weighted by atomic mass is 9.81. The normalized spacial score (nSPS) is 16.5. The number of nitrogens with one attached hydrogen (secondary N) is 1. The molecule has 1 heterocycles. The number of hydrogen-bond acceptors (Lipinski definition) is 5. The second-order valence-electron chi connectivity index (χ2n) is 6.88. The number of piperazine rings is 1. The zero-order chi connectivity index (χ0) is 16.3. The molecular formula is C17H28Cl2N2O3. The van der Waals surface area contributed by atoms with E-state index in [-0.39, 0.29) is 47.8 Å². The number of nitrogens with zero attached hydrogens (tertiary/aromatic N) is 1. The highest BCUT2D eigenvalue weighted by molar-refractivity contribution is 5.85. The fourth-order valence-corrected chi connectivity index (χ4v) is 3.14. The Kier molecular flexibility index (Phi) is 9.07. The van der Waals surface area contributed by atoms with Crippen LogP contribution in [0.25, 0.3) is 0 Å². The van der Waals surface area contributed by atoms with Crippen molar-refractivity contribution in [2.75, 3.05) is 26.2 Å². The van der Waals surface area contributed by atoms with Crippen LogP contribution in [0.1, 0.15) is 39.3 Å². The zero-order valence-corrected chi connectivity index (χ0v) is 16.3. The molecule has 0 radical (unpaired) electrons. The second kappa shape index (κ2) is 9.47. The molecule has 2 N–H and O–H groups in total. The topological polar surface area (TPSA) is 61.8 Å². The Bertz CT molecular complexity index is 541. The van der Waals surface area contributed by atoms with E-state index in [0.717, 1.165) is 31.7 Å². The number of phenols is 1. The first-order valence-electron chi connectivity index (χ1n) is 7.75. The van der Waals surface area contributed by atoms with Crippen molar-refractivity contribution in [1.29, 1.82) is 0 Å². The SMILES string of the molecule is CC(=O)Oc1ccc([C@H](N2CCNCC2)C(C)(C)C)cc1O.Cl.Cl. The van der Waals surface area contributed by atoms with Crippen molar-refractivity contribution in [3.05, 3.63) is 23.8 Å². The molecule has 1 aliphatic rings. The average Bonchev–Trinajstić information content (AvgIpc) is 2.41. The number of carbonyl (C=O) groups excluding carboxylic acids is 1. The largest absolute Gasteiger partial charge is 0.504 e. The lowest BCUT2D eigenvalue weighted by Crippen LogP contribution is -2.48. The summed E-state index contributed by atoms with van der Waals surface area (Å²) in [6.45, 7) is 11.9. The lowest BCUT2D eigenvalue weighted by molar-refractivity contribution is -0.132. The van der Waals surface area contributed by atoms with Crippen molar-refractivity contribution in [1.82, 2.24) is 10.2 Å². The Hall–Kier alpha value is -1.01. The number of phenolic OH excluding ortho intramolecular Hbond substituents is 1. The molecular weight excluding hydrogens is 351 g/mol. The summed E-state index contributed by atoms with van der Waals surface area (Å²) in [5, 5.41) is 13.5. The molecule has 24 heavy (non-hydrogen) atoms. The molecule has 0 aliphatic carbocycles. The average molecular weight is 379 g/mol. The summed E-state index contributed by atoms with van der Waals surface area (Å²) in [4.78, 5) is 13.5. The van der Waals surface area contributed by atoms with Crippen LogP contribution >= 0.6 is 24.8 Å². The molecule has 1 atom stereocenters. The molecule has 1 aliphatic heterocycles. The van der Waals surface area contributed by atoms with Crippen molar-refractivity contribution < 1.29 is 14.6 Å². The maximum absolute atomic E-state index is 11.0. The van der Waals surface area contributed by atoms with Crippen molar-refractivity contribution in [3.63, 3.8) is 0 Å². The Labute approximate surface area is 156 Å². The summed E-state index contributed by atoms with van der Waals surface area (Å²) in [5.74, 6) is -0.209. The summed E-state index contributed by atoms with van der Waals surface area (Å²) in [6.07, 6.45) is 0. The van der Waals surface area contributed by atoms with E-state index < -0.39 is 5.97 Å². The maximum Gasteiger partial charge on any atom is 0.308 e. The molecule has 138 valence electrons. The fourth-order valence-electron chi connectivity index (χ4n) is 3.14. The highest BCUT2D eigenvalue weighted by Gasteiger charge is 2.33. The van der Waals surface area contributed by atoms with Gasteiger partial charge in [0.05, 0.1) is 0 Å². The molecule has 5 nitrogen and oxygen atoms in total. The standard InChI is InChI=1S/C17H26N2O3.2ClH/c1-12(20)22-15-6-5-13(11-14(15)21)16(17(2,3)4)19-9-7-18-8-10-19;;/h5-6,11,16,18,21H,7-10H2,1-4H3;2*1H/t16-;;/m0../s1. The zero-order valence-electron chi connectivity index (χ0n) is 14.7. The minimum Gasteiger partial charge on any atom is -0.504 e. The van der Waals surface area contributed by atoms with E-state index in [4.69, 9.17) is 4.74 Å². The van der Waals surface area contributed by atoms with Gasteiger partial charge in [0.2, 0.25) is 0 Å². The molecule has 0 amide bonds. The van der Waals surface area contributed by atoms with E-state index in [9.17, 15) is 9.90 Å². The Morgan fingerprint density at radius 2 is 1.83 bits per heavy atom. The van der Waals surface area contributed by atoms with E-state index >= 15 is 0 Å². The number of benzene rings is 1. The first-order valence-corrected chi connectivity index (χ1v) is 7.75. The van der Waals surface area contributed by atoms with Gasteiger partial charge in [0.15, 0.2) is 11.5 Å². The fraction of sp³-hybridized carbons (Fsp3) is 0.588. The molecule has 1 saturated heterocycles. The van der Waals surface area contributed by atoms with Gasteiger partial charge in [-0.15, -0.1) is 24.8 Å². The van der Waals surface area contributed by atoms with Crippen LogP contribution in [0.2, 0.25) is 0 Å². The predicted octanol–water partition coefficient (Wildman–Crippen LogP) is 3.15. The highest BCUT2D eigenvalue weighted by atomic mass is 35.5. The van der Waals surface area contributed by atoms with Crippen molar-refractivity contribution >= 4 is 30.8 Å². The van der Waals surface area contributed by atoms with Gasteiger partial charge in [-0.2, -0.15) is 0 Å². The quantitative estimate of drug-likeness (QED) is 0.624. The number of halogens is 2. The van der Waals surface area contributed by atoms with E-state index in [1.165, 1.54) is 6.92 Å². The number of aromatic hydroxyl groups is 1. The minimum absolute atomic E-state index is 0. The third-order valence-corrected chi connectivity index (χ3v) is 3.89. The van der Waals surface area contributed by atoms with Gasteiger partial charge < -0.3 is 15.2 Å². The summed E-state index contributed by atoms with van der Waals surface area (Å²) in [6, 6.07) is 5.53. The van der Waals surface area contributed by atoms with Gasteiger partial charge in [-0.25, -0.2) is 0 Å². The van der Waals surface area contributed by atoms with Crippen molar-refractivity contribution in [3.8, 4) is 11.5 Å². The maximum atomic E-state index is 11.0. The Balaban J connectivity index is 0.00000264. The monoisotopic (exact) mass is 378 g/mol. The van der Waals surface area contributed by atoms with Crippen molar-refractivity contribution in [2.24, 2.45) is 5.41 Å². The van der Waals surface area contributed by atoms with E-state index in [0.29, 0.717) is 0 Å². The molecule has 0 aromatic heterocycles. The molecule has 0 saturated carbocycles. The van der Waals surface area contributed by atoms with Crippen LogP contribution in [-0.2, 0) is 4.79 Å². The van der Waals surface area contributed by atoms with Crippen LogP contribution in [0, 0.1) is 5.41 Å². The molecule has 1 aromatic carbocycles. The Morgan fingerprint density at radius 3 is 2.29 bits per heavy atom. The third-order valence-electron chi connectivity index (χ3n) is 3.89. The number of carbonyl (C=O) groups is 1. The van der Waals surface area contributed by atoms with Crippen molar-refractivity contribution in [2.45, 2.75) is 33.7 Å². The van der Waals surface area contributed by atoms with Gasteiger partial charge >= 0.3 is 5.97 Å². The van der Waals surface area contributed by atoms with Crippen LogP contribution in [0.4, 0.5) is 0 Å². The first kappa shape index (κ1) is 23.0. The molecule has 0 bridgehead atoms. The highest BCUT2D eigenvalue weighted by Crippen LogP contribution is 2.40. The molecule has 7 heteroatoms. The van der Waals surface area contributed by atoms with Gasteiger partial charge in [0, 0.05) is 39.1 Å². The molecule has 1 fully saturated rings. The van der Waals surface area contributed by atoms with Gasteiger partial charge in [-0.3, -0.25) is 9.69 Å². The molecule has 0 spiro atoms. The minimum atomic E-state index is -0.433. The molecule has 2 rings (SSSR count). The van der Waals surface area contributed by atoms with Gasteiger partial charge in [-0.1, -0.05) is 26.8 Å². The van der Waals surface area contributed by atoms with E-state index in [1.54, 1.807) is 12.1 Å². The lowest BCUT2D eigenvalue weighted by Gasteiger charge is -2.42. The van der Waals surface area contributed by atoms with Crippen LogP contribution < -0.4 is 10.1 Å². The third kappa shape index (κ3) is 5.81. The predicted molar refractivity (Wildman–Crippen MR) is 101 cm³/mol.